The van der Waals surface area contributed by atoms with Crippen LogP contribution in [0.5, 0.6) is 0 Å². The number of nitrogens with one attached hydrogen (secondary N) is 1. The summed E-state index contributed by atoms with van der Waals surface area (Å²) in [5, 5.41) is 3.15. The first kappa shape index (κ1) is 21.7. The van der Waals surface area contributed by atoms with Gasteiger partial charge in [0.25, 0.3) is 5.03 Å². The highest BCUT2D eigenvalue weighted by Crippen LogP contribution is 2.30. The number of rotatable bonds is 6. The first-order valence-electron chi connectivity index (χ1n) is 10.2. The smallest absolute Gasteiger partial charge is 0.265 e. The van der Waals surface area contributed by atoms with E-state index in [-0.39, 0.29) is 18.2 Å². The molecule has 3 N–H and O–H groups in total. The van der Waals surface area contributed by atoms with Gasteiger partial charge in [-0.25, -0.2) is 4.98 Å². The van der Waals surface area contributed by atoms with Gasteiger partial charge >= 0.3 is 0 Å². The first-order valence-corrected chi connectivity index (χ1v) is 11.3. The molecule has 1 aromatic heterocycles. The number of amides is 2. The Labute approximate surface area is 173 Å². The zero-order chi connectivity index (χ0) is 20.8. The molecular weight excluding hydrogens is 392 g/mol. The van der Waals surface area contributed by atoms with E-state index in [0.29, 0.717) is 24.4 Å². The van der Waals surface area contributed by atoms with Crippen LogP contribution in [-0.4, -0.2) is 50.6 Å². The van der Waals surface area contributed by atoms with Gasteiger partial charge in [0.1, 0.15) is 23.8 Å². The number of Topliss-reactive ketones (excluding diaryl/α,β-unsaturated/α-hetero) is 1. The van der Waals surface area contributed by atoms with E-state index >= 15 is 0 Å². The van der Waals surface area contributed by atoms with Crippen LogP contribution in [0.1, 0.15) is 44.9 Å². The fourth-order valence-electron chi connectivity index (χ4n) is 4.18. The van der Waals surface area contributed by atoms with Crippen LogP contribution in [0.15, 0.2) is 29.4 Å². The van der Waals surface area contributed by atoms with Crippen molar-refractivity contribution in [2.24, 2.45) is 17.6 Å². The van der Waals surface area contributed by atoms with Gasteiger partial charge in [0, 0.05) is 18.8 Å². The summed E-state index contributed by atoms with van der Waals surface area (Å²) in [4.78, 5) is 41.6. The zero-order valence-electron chi connectivity index (χ0n) is 16.4. The summed E-state index contributed by atoms with van der Waals surface area (Å²) < 4.78 is 14.3. The average molecular weight is 421 g/mol. The number of nitrogens with zero attached hydrogens (tertiary/aromatic N) is 2. The molecule has 1 aliphatic carbocycles. The van der Waals surface area contributed by atoms with Gasteiger partial charge in [0.2, 0.25) is 11.8 Å². The van der Waals surface area contributed by atoms with Crippen LogP contribution in [-0.2, 0) is 25.7 Å². The molecule has 158 valence electrons. The Kier molecular flexibility index (Phi) is 7.63. The van der Waals surface area contributed by atoms with E-state index in [1.807, 2.05) is 0 Å². The van der Waals surface area contributed by atoms with Crippen LogP contribution in [0.4, 0.5) is 0 Å². The number of aromatic nitrogens is 1. The Balaban J connectivity index is 1.63. The predicted molar refractivity (Wildman–Crippen MR) is 108 cm³/mol. The van der Waals surface area contributed by atoms with Gasteiger partial charge in [0.05, 0.1) is 6.04 Å². The lowest BCUT2D eigenvalue weighted by Gasteiger charge is -2.28. The van der Waals surface area contributed by atoms with Crippen LogP contribution in [0.2, 0.25) is 0 Å². The number of carbonyl (C=O) groups excluding carboxylic acids is 3. The van der Waals surface area contributed by atoms with E-state index in [2.05, 4.69) is 10.3 Å². The highest BCUT2D eigenvalue weighted by atomic mass is 32.2. The Bertz CT molecular complexity index is 726. The Morgan fingerprint density at radius 2 is 1.97 bits per heavy atom. The van der Waals surface area contributed by atoms with Crippen molar-refractivity contribution in [1.29, 1.82) is 0 Å². The number of hydrogen-bond acceptors (Lipinski definition) is 6. The minimum atomic E-state index is -1.53. The number of nitrogens with two attached hydrogens (primary N) is 1. The molecule has 0 bridgehead atoms. The minimum absolute atomic E-state index is 0.0429. The molecule has 2 unspecified atom stereocenters. The van der Waals surface area contributed by atoms with Crippen molar-refractivity contribution in [2.75, 3.05) is 13.1 Å². The molecule has 0 spiro atoms. The molecule has 1 aromatic rings. The summed E-state index contributed by atoms with van der Waals surface area (Å²) in [5.74, 6) is -2.26. The van der Waals surface area contributed by atoms with Crippen molar-refractivity contribution in [2.45, 2.75) is 56.0 Å². The molecule has 1 aliphatic heterocycles. The third-order valence-electron chi connectivity index (χ3n) is 5.70. The van der Waals surface area contributed by atoms with Crippen LogP contribution in [0, 0.1) is 11.8 Å². The van der Waals surface area contributed by atoms with Crippen molar-refractivity contribution in [3.05, 3.63) is 24.4 Å². The van der Waals surface area contributed by atoms with E-state index < -0.39 is 35.1 Å². The van der Waals surface area contributed by atoms with Gasteiger partial charge in [0.15, 0.2) is 5.78 Å². The second kappa shape index (κ2) is 10.2. The molecule has 29 heavy (non-hydrogen) atoms. The summed E-state index contributed by atoms with van der Waals surface area (Å²) in [6.07, 6.45) is 7.28. The van der Waals surface area contributed by atoms with Crippen molar-refractivity contribution in [3.63, 3.8) is 0 Å². The molecule has 1 saturated carbocycles. The predicted octanol–water partition coefficient (Wildman–Crippen LogP) is 0.936. The molecule has 2 fully saturated rings. The summed E-state index contributed by atoms with van der Waals surface area (Å²) >= 11 is -1.53. The van der Waals surface area contributed by atoms with Crippen molar-refractivity contribution < 1.29 is 18.9 Å². The quantitative estimate of drug-likeness (QED) is 0.520. The molecule has 8 nitrogen and oxygen atoms in total. The molecule has 0 aromatic carbocycles. The zero-order valence-corrected chi connectivity index (χ0v) is 17.2. The molecule has 3 atom stereocenters. The molecule has 2 amide bonds. The van der Waals surface area contributed by atoms with Crippen molar-refractivity contribution in [1.82, 2.24) is 14.6 Å². The van der Waals surface area contributed by atoms with E-state index in [0.717, 1.165) is 32.1 Å². The standard InChI is InChI=1S/C20H28N4O4S/c21-19(26)18(14-7-2-1-3-8-14)20(27)23-15-9-6-12-24(13-16(15)25)29(28)17-10-4-5-11-22-17/h4-5,10-11,14-15,18H,1-3,6-9,12-13H2,(H2,21,26)(H,23,27)/t15?,18-,29?/m0/s1. The maximum absolute atomic E-state index is 12.8. The minimum Gasteiger partial charge on any atom is -0.591 e. The number of primary amides is 1. The monoisotopic (exact) mass is 420 g/mol. The maximum atomic E-state index is 12.8. The molecule has 2 aliphatic rings. The van der Waals surface area contributed by atoms with Crippen molar-refractivity contribution in [3.8, 4) is 0 Å². The largest absolute Gasteiger partial charge is 0.591 e. The third-order valence-corrected chi connectivity index (χ3v) is 7.08. The highest BCUT2D eigenvalue weighted by molar-refractivity contribution is 7.89. The van der Waals surface area contributed by atoms with Gasteiger partial charge in [-0.05, 0) is 37.7 Å². The first-order chi connectivity index (χ1) is 14.0. The molecule has 2 heterocycles. The Morgan fingerprint density at radius 3 is 2.62 bits per heavy atom. The number of hydrogen-bond donors (Lipinski definition) is 2. The molecule has 0 radical (unpaired) electrons. The fourth-order valence-corrected chi connectivity index (χ4v) is 5.33. The summed E-state index contributed by atoms with van der Waals surface area (Å²) in [7, 11) is 0. The van der Waals surface area contributed by atoms with Crippen LogP contribution in [0.25, 0.3) is 0 Å². The second-order valence-electron chi connectivity index (χ2n) is 7.73. The number of carbonyl (C=O) groups is 3. The number of pyridine rings is 1. The summed E-state index contributed by atoms with van der Waals surface area (Å²) in [5.41, 5.74) is 5.53. The van der Waals surface area contributed by atoms with E-state index in [1.165, 1.54) is 0 Å². The third kappa shape index (κ3) is 5.55. The summed E-state index contributed by atoms with van der Waals surface area (Å²) in [6, 6.07) is 4.45. The molecule has 3 rings (SSSR count). The van der Waals surface area contributed by atoms with Gasteiger partial charge in [-0.1, -0.05) is 25.3 Å². The molecule has 9 heteroatoms. The van der Waals surface area contributed by atoms with Crippen LogP contribution >= 0.6 is 0 Å². The normalized spacial score (nSPS) is 23.8. The lowest BCUT2D eigenvalue weighted by atomic mass is 9.79. The summed E-state index contributed by atoms with van der Waals surface area (Å²) in [6.45, 7) is 0.419. The van der Waals surface area contributed by atoms with Gasteiger partial charge < -0.3 is 15.6 Å². The van der Waals surface area contributed by atoms with Gasteiger partial charge in [-0.2, -0.15) is 0 Å². The van der Waals surface area contributed by atoms with E-state index in [1.54, 1.807) is 28.7 Å². The van der Waals surface area contributed by atoms with Crippen molar-refractivity contribution >= 4 is 29.0 Å². The molecular formula is C20H28N4O4S. The maximum Gasteiger partial charge on any atom is 0.265 e. The fraction of sp³-hybridized carbons (Fsp3) is 0.600. The van der Waals surface area contributed by atoms with Gasteiger partial charge in [-0.3, -0.25) is 14.4 Å². The molecule has 1 saturated heterocycles. The lowest BCUT2D eigenvalue weighted by molar-refractivity contribution is -0.138. The Hall–Kier alpha value is -1.97. The van der Waals surface area contributed by atoms with Gasteiger partial charge in [-0.15, -0.1) is 4.31 Å². The highest BCUT2D eigenvalue weighted by Gasteiger charge is 2.38. The van der Waals surface area contributed by atoms with Crippen LogP contribution in [0.3, 0.4) is 0 Å². The van der Waals surface area contributed by atoms with E-state index in [4.69, 9.17) is 5.73 Å². The average Bonchev–Trinajstić information content (AvgIpc) is 2.90. The van der Waals surface area contributed by atoms with E-state index in [9.17, 15) is 18.9 Å². The number of ketones is 1. The Morgan fingerprint density at radius 1 is 1.21 bits per heavy atom. The lowest BCUT2D eigenvalue weighted by Crippen LogP contribution is -2.50. The second-order valence-corrected chi connectivity index (χ2v) is 9.16. The van der Waals surface area contributed by atoms with Crippen LogP contribution < -0.4 is 11.1 Å². The SMILES string of the molecule is NC(=O)[C@@H](C(=O)NC1CCCN([S+]([O-])c2ccccn2)CC1=O)C1CCCCC1. The topological polar surface area (TPSA) is 128 Å².